The number of nitrogens with one attached hydrogen (secondary N) is 1. The van der Waals surface area contributed by atoms with Crippen LogP contribution in [0.5, 0.6) is 5.88 Å². The van der Waals surface area contributed by atoms with Crippen LogP contribution in [0.15, 0.2) is 18.2 Å². The summed E-state index contributed by atoms with van der Waals surface area (Å²) in [5, 5.41) is 22.3. The summed E-state index contributed by atoms with van der Waals surface area (Å²) in [5.41, 5.74) is 1.60. The number of carboxylic acids is 1. The number of benzene rings is 1. The minimum absolute atomic E-state index is 0.0184. The fraction of sp³-hybridized carbons (Fsp3) is 0.625. The number of alkyl carbamates (subject to hydrolysis) is 1. The molecule has 1 saturated heterocycles. The predicted molar refractivity (Wildman–Crippen MR) is 155 cm³/mol. The zero-order valence-corrected chi connectivity index (χ0v) is 24.9. The van der Waals surface area contributed by atoms with Gasteiger partial charge in [-0.1, -0.05) is 33.6 Å². The van der Waals surface area contributed by atoms with Crippen LogP contribution in [0.2, 0.25) is 0 Å². The molecule has 11 nitrogen and oxygen atoms in total. The van der Waals surface area contributed by atoms with Crippen LogP contribution in [-0.4, -0.2) is 68.8 Å². The number of carbonyl (C=O) groups is 3. The van der Waals surface area contributed by atoms with Crippen LogP contribution >= 0.6 is 0 Å². The minimum atomic E-state index is -1.14. The van der Waals surface area contributed by atoms with Gasteiger partial charge in [-0.15, -0.1) is 0 Å². The average molecular weight is 590 g/mol. The Labute approximate surface area is 250 Å². The molecule has 2 saturated carbocycles. The van der Waals surface area contributed by atoms with E-state index in [1.54, 1.807) is 18.2 Å². The lowest BCUT2D eigenvalue weighted by Crippen LogP contribution is -2.57. The van der Waals surface area contributed by atoms with Crippen LogP contribution in [0, 0.1) is 34.5 Å². The fourth-order valence-electron chi connectivity index (χ4n) is 7.22. The second-order valence-corrected chi connectivity index (χ2v) is 13.7. The molecule has 3 heterocycles. The molecule has 1 aromatic carbocycles. The third-order valence-corrected chi connectivity index (χ3v) is 9.56. The smallest absolute Gasteiger partial charge is 0.408 e. The number of nitriles is 1. The Morgan fingerprint density at radius 2 is 1.88 bits per heavy atom. The van der Waals surface area contributed by atoms with Gasteiger partial charge >= 0.3 is 12.1 Å². The van der Waals surface area contributed by atoms with E-state index in [0.717, 1.165) is 32.1 Å². The Kier molecular flexibility index (Phi) is 7.65. The molecule has 7 atom stereocenters. The molecule has 1 aromatic heterocycles. The molecular formula is C32H39N5O6. The summed E-state index contributed by atoms with van der Waals surface area (Å²) in [4.78, 5) is 50.3. The van der Waals surface area contributed by atoms with E-state index in [9.17, 15) is 24.8 Å². The lowest BCUT2D eigenvalue weighted by Gasteiger charge is -2.35. The number of rotatable bonds is 1. The van der Waals surface area contributed by atoms with Gasteiger partial charge in [0.1, 0.15) is 30.0 Å². The van der Waals surface area contributed by atoms with Crippen LogP contribution in [0.1, 0.15) is 77.0 Å². The minimum Gasteiger partial charge on any atom is -0.480 e. The van der Waals surface area contributed by atoms with Crippen molar-refractivity contribution in [2.75, 3.05) is 6.54 Å². The number of hydrogen-bond donors (Lipinski definition) is 2. The summed E-state index contributed by atoms with van der Waals surface area (Å²) >= 11 is 0. The van der Waals surface area contributed by atoms with Crippen molar-refractivity contribution < 1.29 is 29.0 Å². The van der Waals surface area contributed by atoms with Crippen molar-refractivity contribution in [3.8, 4) is 11.9 Å². The van der Waals surface area contributed by atoms with Gasteiger partial charge in [-0.05, 0) is 73.5 Å². The standard InChI is InChI=1S/C32H39N5O6/c1-32(2,3)27-29(38)37-16-19(14-25(37)30(39)40)42-28-23(34-22-10-9-17(15-33)11-24(22)35-28)8-6-4-5-7-20-21-12-18(21)13-26(20)43-31(41)36-27/h9-11,18-21,25-27H,4-8,12-14,16H2,1-3H3,(H,36,41)(H,39,40). The molecule has 0 radical (unpaired) electrons. The van der Waals surface area contributed by atoms with Gasteiger partial charge in [-0.2, -0.15) is 5.26 Å². The lowest BCUT2D eigenvalue weighted by atomic mass is 9.85. The number of fused-ring (bicyclic) bond motifs is 7. The number of nitrogens with zero attached hydrogens (tertiary/aromatic N) is 4. The maximum atomic E-state index is 14.0. The molecule has 3 fully saturated rings. The summed E-state index contributed by atoms with van der Waals surface area (Å²) in [6.07, 6.45) is 5.08. The largest absolute Gasteiger partial charge is 0.480 e. The highest BCUT2D eigenvalue weighted by Gasteiger charge is 2.54. The van der Waals surface area contributed by atoms with E-state index in [-0.39, 0.29) is 19.1 Å². The zero-order valence-electron chi connectivity index (χ0n) is 24.9. The van der Waals surface area contributed by atoms with E-state index >= 15 is 0 Å². The van der Waals surface area contributed by atoms with Gasteiger partial charge in [0.05, 0.1) is 29.2 Å². The Hall–Kier alpha value is -3.94. The Bertz CT molecular complexity index is 1480. The highest BCUT2D eigenvalue weighted by molar-refractivity contribution is 5.90. The van der Waals surface area contributed by atoms with Gasteiger partial charge in [-0.25, -0.2) is 19.6 Å². The molecule has 7 unspecified atom stereocenters. The molecule has 2 amide bonds. The highest BCUT2D eigenvalue weighted by atomic mass is 16.6. The zero-order chi connectivity index (χ0) is 30.5. The quantitative estimate of drug-likeness (QED) is 0.497. The predicted octanol–water partition coefficient (Wildman–Crippen LogP) is 4.22. The number of aryl methyl sites for hydroxylation is 1. The van der Waals surface area contributed by atoms with Gasteiger partial charge in [0.15, 0.2) is 0 Å². The first kappa shape index (κ1) is 29.1. The third kappa shape index (κ3) is 5.97. The summed E-state index contributed by atoms with van der Waals surface area (Å²) in [5.74, 6) is 0.172. The summed E-state index contributed by atoms with van der Waals surface area (Å²) in [6, 6.07) is 5.14. The van der Waals surface area contributed by atoms with Crippen LogP contribution in [0.4, 0.5) is 4.79 Å². The van der Waals surface area contributed by atoms with Crippen molar-refractivity contribution in [3.63, 3.8) is 0 Å². The maximum absolute atomic E-state index is 14.0. The monoisotopic (exact) mass is 589 g/mol. The summed E-state index contributed by atoms with van der Waals surface area (Å²) in [7, 11) is 0. The molecule has 2 aliphatic heterocycles. The van der Waals surface area contributed by atoms with Crippen molar-refractivity contribution in [2.24, 2.45) is 23.2 Å². The summed E-state index contributed by atoms with van der Waals surface area (Å²) < 4.78 is 12.3. The number of ether oxygens (including phenoxy) is 2. The Morgan fingerprint density at radius 3 is 2.63 bits per heavy atom. The van der Waals surface area contributed by atoms with Crippen LogP contribution in [0.25, 0.3) is 11.0 Å². The molecule has 0 spiro atoms. The molecule has 2 aromatic rings. The average Bonchev–Trinajstić information content (AvgIpc) is 3.44. The number of hydrogen-bond acceptors (Lipinski definition) is 8. The first-order chi connectivity index (χ1) is 20.5. The van der Waals surface area contributed by atoms with Crippen LogP contribution in [0.3, 0.4) is 0 Å². The second-order valence-electron chi connectivity index (χ2n) is 13.7. The molecule has 43 heavy (non-hydrogen) atoms. The molecule has 11 heteroatoms. The van der Waals surface area contributed by atoms with Crippen molar-refractivity contribution in [3.05, 3.63) is 29.5 Å². The molecule has 2 N–H and O–H groups in total. The van der Waals surface area contributed by atoms with E-state index in [1.165, 1.54) is 11.3 Å². The third-order valence-electron chi connectivity index (χ3n) is 9.56. The number of amides is 2. The van der Waals surface area contributed by atoms with Crippen LogP contribution < -0.4 is 10.1 Å². The van der Waals surface area contributed by atoms with E-state index in [0.29, 0.717) is 52.3 Å². The summed E-state index contributed by atoms with van der Waals surface area (Å²) in [6.45, 7) is 5.52. The SMILES string of the molecule is CC(C)(C)C1NC(=O)OC2CC3CC3C2CCCCCc2nc3ccc(C#N)cc3nc2OC2CC(C(=O)O)N(C2)C1=O. The van der Waals surface area contributed by atoms with Gasteiger partial charge in [0.2, 0.25) is 11.8 Å². The number of carbonyl (C=O) groups excluding carboxylic acids is 2. The van der Waals surface area contributed by atoms with Crippen molar-refractivity contribution in [2.45, 2.75) is 96.4 Å². The number of aromatic nitrogens is 2. The van der Waals surface area contributed by atoms with Gasteiger partial charge in [0, 0.05) is 6.42 Å². The molecule has 2 aliphatic carbocycles. The molecular weight excluding hydrogens is 550 g/mol. The molecule has 2 bridgehead atoms. The van der Waals surface area contributed by atoms with Crippen molar-refractivity contribution in [1.29, 1.82) is 5.26 Å². The van der Waals surface area contributed by atoms with Crippen molar-refractivity contribution in [1.82, 2.24) is 20.2 Å². The number of aliphatic carboxylic acids is 1. The van der Waals surface area contributed by atoms with Gasteiger partial charge < -0.3 is 24.8 Å². The lowest BCUT2D eigenvalue weighted by molar-refractivity contribution is -0.150. The first-order valence-corrected chi connectivity index (χ1v) is 15.4. The van der Waals surface area contributed by atoms with Crippen LogP contribution in [-0.2, 0) is 20.7 Å². The molecule has 4 aliphatic rings. The van der Waals surface area contributed by atoms with Gasteiger partial charge in [-0.3, -0.25) is 4.79 Å². The molecule has 6 rings (SSSR count). The topological polar surface area (TPSA) is 155 Å². The number of carboxylic acid groups (broad SMARTS) is 1. The Balaban J connectivity index is 1.34. The van der Waals surface area contributed by atoms with Gasteiger partial charge in [0.25, 0.3) is 0 Å². The normalized spacial score (nSPS) is 31.3. The van der Waals surface area contributed by atoms with E-state index in [4.69, 9.17) is 19.4 Å². The second kappa shape index (κ2) is 11.3. The fourth-order valence-corrected chi connectivity index (χ4v) is 7.22. The molecule has 228 valence electrons. The van der Waals surface area contributed by atoms with E-state index in [1.807, 2.05) is 20.8 Å². The maximum Gasteiger partial charge on any atom is 0.408 e. The Morgan fingerprint density at radius 1 is 1.07 bits per heavy atom. The van der Waals surface area contributed by atoms with E-state index < -0.39 is 41.6 Å². The first-order valence-electron chi connectivity index (χ1n) is 15.4. The van der Waals surface area contributed by atoms with Crippen molar-refractivity contribution >= 4 is 29.0 Å². The highest BCUT2D eigenvalue weighted by Crippen LogP contribution is 2.57. The van der Waals surface area contributed by atoms with E-state index in [2.05, 4.69) is 11.4 Å².